The Kier molecular flexibility index (Phi) is 3.26. The zero-order chi connectivity index (χ0) is 10.8. The van der Waals surface area contributed by atoms with E-state index < -0.39 is 5.60 Å². The van der Waals surface area contributed by atoms with Gasteiger partial charge in [0, 0.05) is 20.1 Å². The summed E-state index contributed by atoms with van der Waals surface area (Å²) in [5.74, 6) is 0.0320. The van der Waals surface area contributed by atoms with Crippen molar-refractivity contribution in [2.75, 3.05) is 20.2 Å². The highest BCUT2D eigenvalue weighted by molar-refractivity contribution is 5.90. The molecule has 0 aromatic heterocycles. The van der Waals surface area contributed by atoms with Crippen LogP contribution in [0.15, 0.2) is 0 Å². The lowest BCUT2D eigenvalue weighted by atomic mass is 10.0. The van der Waals surface area contributed by atoms with E-state index in [1.54, 1.807) is 18.7 Å². The topological polar surface area (TPSA) is 46.6 Å². The molecule has 0 radical (unpaired) electrons. The third kappa shape index (κ3) is 2.32. The predicted octanol–water partition coefficient (Wildman–Crippen LogP) is 0.603. The zero-order valence-corrected chi connectivity index (χ0v) is 9.00. The number of ketones is 1. The highest BCUT2D eigenvalue weighted by Crippen LogP contribution is 2.15. The van der Waals surface area contributed by atoms with Crippen LogP contribution in [0.2, 0.25) is 0 Å². The largest absolute Gasteiger partial charge is 0.369 e. The molecule has 0 unspecified atom stereocenters. The summed E-state index contributed by atoms with van der Waals surface area (Å²) >= 11 is 0. The second-order valence-corrected chi connectivity index (χ2v) is 4.08. The van der Waals surface area contributed by atoms with Crippen LogP contribution in [-0.4, -0.2) is 42.4 Å². The highest BCUT2D eigenvalue weighted by atomic mass is 16.5. The number of hydrogen-bond donors (Lipinski definition) is 0. The Bertz CT molecular complexity index is 248. The van der Waals surface area contributed by atoms with Gasteiger partial charge in [0.2, 0.25) is 0 Å². The second-order valence-electron chi connectivity index (χ2n) is 4.08. The first-order chi connectivity index (χ1) is 6.47. The number of rotatable bonds is 2. The van der Waals surface area contributed by atoms with Gasteiger partial charge in [-0.15, -0.1) is 0 Å². The molecule has 0 atom stereocenters. The molecule has 1 rings (SSSR count). The van der Waals surface area contributed by atoms with E-state index in [2.05, 4.69) is 0 Å². The van der Waals surface area contributed by atoms with Gasteiger partial charge in [-0.05, 0) is 20.3 Å². The number of nitrogens with zero attached hydrogens (tertiary/aromatic N) is 1. The van der Waals surface area contributed by atoms with Gasteiger partial charge in [0.05, 0.1) is 6.54 Å². The smallest absolute Gasteiger partial charge is 0.254 e. The Balaban J connectivity index is 2.64. The van der Waals surface area contributed by atoms with Crippen LogP contribution in [0, 0.1) is 0 Å². The van der Waals surface area contributed by atoms with E-state index in [4.69, 9.17) is 4.74 Å². The summed E-state index contributed by atoms with van der Waals surface area (Å²) in [5.41, 5.74) is -0.822. The average molecular weight is 199 g/mol. The van der Waals surface area contributed by atoms with E-state index >= 15 is 0 Å². The summed E-state index contributed by atoms with van der Waals surface area (Å²) < 4.78 is 5.09. The Labute approximate surface area is 84.2 Å². The summed E-state index contributed by atoms with van der Waals surface area (Å²) in [6, 6.07) is 0. The van der Waals surface area contributed by atoms with Crippen molar-refractivity contribution in [3.05, 3.63) is 0 Å². The molecule has 1 aliphatic rings. The average Bonchev–Trinajstić information content (AvgIpc) is 2.16. The first-order valence-corrected chi connectivity index (χ1v) is 4.83. The molecule has 1 fully saturated rings. The molecular weight excluding hydrogens is 182 g/mol. The van der Waals surface area contributed by atoms with Crippen LogP contribution in [0.4, 0.5) is 0 Å². The fraction of sp³-hybridized carbons (Fsp3) is 0.800. The normalized spacial score (nSPS) is 18.5. The monoisotopic (exact) mass is 199 g/mol. The number of ether oxygens (including phenoxy) is 1. The lowest BCUT2D eigenvalue weighted by Gasteiger charge is -2.32. The van der Waals surface area contributed by atoms with E-state index in [9.17, 15) is 9.59 Å². The minimum absolute atomic E-state index is 0.104. The molecule has 80 valence electrons. The number of hydrogen-bond acceptors (Lipinski definition) is 3. The van der Waals surface area contributed by atoms with Gasteiger partial charge in [-0.1, -0.05) is 0 Å². The summed E-state index contributed by atoms with van der Waals surface area (Å²) in [6.07, 6.45) is 1.36. The van der Waals surface area contributed by atoms with Gasteiger partial charge in [0.15, 0.2) is 5.78 Å². The number of amides is 1. The van der Waals surface area contributed by atoms with Crippen LogP contribution in [-0.2, 0) is 14.3 Å². The van der Waals surface area contributed by atoms with Crippen LogP contribution in [0.25, 0.3) is 0 Å². The van der Waals surface area contributed by atoms with Crippen molar-refractivity contribution < 1.29 is 14.3 Å². The number of piperidine rings is 1. The molecule has 14 heavy (non-hydrogen) atoms. The number of methoxy groups -OCH3 is 1. The van der Waals surface area contributed by atoms with Crippen molar-refractivity contribution in [3.63, 3.8) is 0 Å². The first-order valence-electron chi connectivity index (χ1n) is 4.83. The number of carbonyl (C=O) groups excluding carboxylic acids is 2. The fourth-order valence-electron chi connectivity index (χ4n) is 1.48. The summed E-state index contributed by atoms with van der Waals surface area (Å²) in [4.78, 5) is 24.6. The number of carbonyl (C=O) groups is 2. The van der Waals surface area contributed by atoms with Crippen LogP contribution < -0.4 is 0 Å². The van der Waals surface area contributed by atoms with Gasteiger partial charge >= 0.3 is 0 Å². The zero-order valence-electron chi connectivity index (χ0n) is 9.00. The van der Waals surface area contributed by atoms with Crippen molar-refractivity contribution in [1.82, 2.24) is 4.90 Å². The van der Waals surface area contributed by atoms with Gasteiger partial charge in [-0.3, -0.25) is 9.59 Å². The Morgan fingerprint density at radius 1 is 1.50 bits per heavy atom. The SMILES string of the molecule is COC(C)(C)C(=O)N1CCCC(=O)C1. The quantitative estimate of drug-likeness (QED) is 0.654. The molecule has 0 saturated carbocycles. The van der Waals surface area contributed by atoms with E-state index in [0.717, 1.165) is 6.42 Å². The van der Waals surface area contributed by atoms with Crippen molar-refractivity contribution in [1.29, 1.82) is 0 Å². The van der Waals surface area contributed by atoms with E-state index in [0.29, 0.717) is 13.0 Å². The summed E-state index contributed by atoms with van der Waals surface area (Å²) in [5, 5.41) is 0. The second kappa shape index (κ2) is 4.09. The lowest BCUT2D eigenvalue weighted by Crippen LogP contribution is -2.50. The molecule has 1 amide bonds. The van der Waals surface area contributed by atoms with Gasteiger partial charge < -0.3 is 9.64 Å². The van der Waals surface area contributed by atoms with Crippen molar-refractivity contribution in [2.24, 2.45) is 0 Å². The van der Waals surface area contributed by atoms with Crippen LogP contribution >= 0.6 is 0 Å². The van der Waals surface area contributed by atoms with E-state index in [1.807, 2.05) is 0 Å². The molecule has 0 bridgehead atoms. The summed E-state index contributed by atoms with van der Waals surface area (Å²) in [6.45, 7) is 4.34. The van der Waals surface area contributed by atoms with Crippen LogP contribution in [0.1, 0.15) is 26.7 Å². The van der Waals surface area contributed by atoms with Crippen molar-refractivity contribution >= 4 is 11.7 Å². The standard InChI is InChI=1S/C10H17NO3/c1-10(2,14-3)9(13)11-6-4-5-8(12)7-11/h4-7H2,1-3H3. The van der Waals surface area contributed by atoms with Gasteiger partial charge in [-0.25, -0.2) is 0 Å². The van der Waals surface area contributed by atoms with E-state index in [1.165, 1.54) is 7.11 Å². The van der Waals surface area contributed by atoms with Crippen LogP contribution in [0.3, 0.4) is 0 Å². The molecule has 0 aliphatic carbocycles. The highest BCUT2D eigenvalue weighted by Gasteiger charge is 2.33. The number of Topliss-reactive ketones (excluding diaryl/α,β-unsaturated/α-hetero) is 1. The molecule has 0 aromatic carbocycles. The molecule has 1 saturated heterocycles. The van der Waals surface area contributed by atoms with Gasteiger partial charge in [0.25, 0.3) is 5.91 Å². The molecule has 4 heteroatoms. The lowest BCUT2D eigenvalue weighted by molar-refractivity contribution is -0.154. The molecule has 4 nitrogen and oxygen atoms in total. The maximum atomic E-state index is 11.8. The molecule has 0 spiro atoms. The maximum Gasteiger partial charge on any atom is 0.254 e. The van der Waals surface area contributed by atoms with Crippen LogP contribution in [0.5, 0.6) is 0 Å². The fourth-order valence-corrected chi connectivity index (χ4v) is 1.48. The minimum Gasteiger partial charge on any atom is -0.369 e. The van der Waals surface area contributed by atoms with E-state index in [-0.39, 0.29) is 18.2 Å². The third-order valence-electron chi connectivity index (χ3n) is 2.56. The Morgan fingerprint density at radius 3 is 2.64 bits per heavy atom. The molecule has 0 N–H and O–H groups in total. The minimum atomic E-state index is -0.822. The Hall–Kier alpha value is -0.900. The first kappa shape index (κ1) is 11.2. The third-order valence-corrected chi connectivity index (χ3v) is 2.56. The van der Waals surface area contributed by atoms with Gasteiger partial charge in [0.1, 0.15) is 5.60 Å². The molecule has 1 aliphatic heterocycles. The van der Waals surface area contributed by atoms with Crippen molar-refractivity contribution in [3.8, 4) is 0 Å². The molecule has 1 heterocycles. The maximum absolute atomic E-state index is 11.8. The summed E-state index contributed by atoms with van der Waals surface area (Å²) in [7, 11) is 1.50. The Morgan fingerprint density at radius 2 is 2.14 bits per heavy atom. The molecular formula is C10H17NO3. The molecule has 0 aromatic rings. The predicted molar refractivity (Wildman–Crippen MR) is 51.9 cm³/mol. The number of likely N-dealkylation sites (tertiary alicyclic amines) is 1. The van der Waals surface area contributed by atoms with Crippen molar-refractivity contribution in [2.45, 2.75) is 32.3 Å². The van der Waals surface area contributed by atoms with Gasteiger partial charge in [-0.2, -0.15) is 0 Å².